The summed E-state index contributed by atoms with van der Waals surface area (Å²) in [5, 5.41) is 3.35. The Labute approximate surface area is 114 Å². The Morgan fingerprint density at radius 3 is 1.89 bits per heavy atom. The molecule has 0 saturated carbocycles. The van der Waals surface area contributed by atoms with Crippen LogP contribution < -0.4 is 15.1 Å². The van der Waals surface area contributed by atoms with Gasteiger partial charge in [-0.15, -0.1) is 0 Å². The van der Waals surface area contributed by atoms with E-state index >= 15 is 0 Å². The van der Waals surface area contributed by atoms with Crippen molar-refractivity contribution in [1.29, 1.82) is 0 Å². The van der Waals surface area contributed by atoms with Gasteiger partial charge in [-0.1, -0.05) is 0 Å². The number of piperazine rings is 2. The monoisotopic (exact) mass is 262 g/mol. The number of anilines is 2. The first kappa shape index (κ1) is 12.6. The average Bonchev–Trinajstić information content (AvgIpc) is 2.49. The number of hydrogen-bond acceptors (Lipinski definition) is 6. The number of rotatable bonds is 2. The summed E-state index contributed by atoms with van der Waals surface area (Å²) in [6.45, 7) is 8.37. The molecule has 1 aromatic rings. The molecule has 0 unspecified atom stereocenters. The van der Waals surface area contributed by atoms with Crippen LogP contribution in [-0.4, -0.2) is 74.3 Å². The lowest BCUT2D eigenvalue weighted by Crippen LogP contribution is -2.45. The van der Waals surface area contributed by atoms with Crippen molar-refractivity contribution in [3.63, 3.8) is 0 Å². The first-order valence-electron chi connectivity index (χ1n) is 7.04. The summed E-state index contributed by atoms with van der Waals surface area (Å²) in [7, 11) is 2.16. The topological polar surface area (TPSA) is 47.5 Å². The summed E-state index contributed by atoms with van der Waals surface area (Å²) in [5.74, 6) is 2.01. The number of aromatic nitrogens is 2. The molecule has 19 heavy (non-hydrogen) atoms. The van der Waals surface area contributed by atoms with Crippen LogP contribution in [0.2, 0.25) is 0 Å². The molecule has 1 N–H and O–H groups in total. The zero-order valence-electron chi connectivity index (χ0n) is 11.5. The Morgan fingerprint density at radius 2 is 1.37 bits per heavy atom. The summed E-state index contributed by atoms with van der Waals surface area (Å²) in [6, 6.07) is 0. The number of nitrogens with one attached hydrogen (secondary N) is 1. The number of nitrogens with zero attached hydrogens (tertiary/aromatic N) is 5. The van der Waals surface area contributed by atoms with Crippen molar-refractivity contribution in [2.24, 2.45) is 0 Å². The van der Waals surface area contributed by atoms with Gasteiger partial charge in [0.1, 0.15) is 11.6 Å². The standard InChI is InChI=1S/C13H22N6/c1-17-6-8-19(9-7-17)13-11-15-12(10-16-13)18-4-2-14-3-5-18/h10-11,14H,2-9H2,1H3. The zero-order valence-corrected chi connectivity index (χ0v) is 11.5. The highest BCUT2D eigenvalue weighted by atomic mass is 15.3. The van der Waals surface area contributed by atoms with E-state index in [0.29, 0.717) is 0 Å². The minimum absolute atomic E-state index is 0.999. The first-order chi connectivity index (χ1) is 9.33. The maximum absolute atomic E-state index is 4.59. The molecule has 2 aliphatic heterocycles. The van der Waals surface area contributed by atoms with Crippen LogP contribution in [0.25, 0.3) is 0 Å². The van der Waals surface area contributed by atoms with Crippen LogP contribution in [0.15, 0.2) is 12.4 Å². The highest BCUT2D eigenvalue weighted by Gasteiger charge is 2.17. The third kappa shape index (κ3) is 2.96. The summed E-state index contributed by atoms with van der Waals surface area (Å²) in [4.78, 5) is 16.1. The normalized spacial score (nSPS) is 21.7. The molecule has 0 aliphatic carbocycles. The smallest absolute Gasteiger partial charge is 0.147 e. The third-order valence-electron chi connectivity index (χ3n) is 3.89. The van der Waals surface area contributed by atoms with Crippen LogP contribution in [0.5, 0.6) is 0 Å². The van der Waals surface area contributed by atoms with Gasteiger partial charge in [0.15, 0.2) is 0 Å². The Morgan fingerprint density at radius 1 is 0.842 bits per heavy atom. The van der Waals surface area contributed by atoms with E-state index < -0.39 is 0 Å². The highest BCUT2D eigenvalue weighted by Crippen LogP contribution is 2.15. The van der Waals surface area contributed by atoms with E-state index in [1.54, 1.807) is 0 Å². The van der Waals surface area contributed by atoms with Crippen LogP contribution in [-0.2, 0) is 0 Å². The lowest BCUT2D eigenvalue weighted by Gasteiger charge is -2.33. The lowest BCUT2D eigenvalue weighted by atomic mass is 10.3. The second kappa shape index (κ2) is 5.71. The maximum Gasteiger partial charge on any atom is 0.147 e. The van der Waals surface area contributed by atoms with Gasteiger partial charge in [0.2, 0.25) is 0 Å². The van der Waals surface area contributed by atoms with Gasteiger partial charge < -0.3 is 20.0 Å². The van der Waals surface area contributed by atoms with Crippen molar-refractivity contribution >= 4 is 11.6 Å². The van der Waals surface area contributed by atoms with E-state index in [2.05, 4.69) is 37.0 Å². The van der Waals surface area contributed by atoms with Gasteiger partial charge in [0.05, 0.1) is 12.4 Å². The van der Waals surface area contributed by atoms with Gasteiger partial charge in [-0.25, -0.2) is 9.97 Å². The summed E-state index contributed by atoms with van der Waals surface area (Å²) in [6.07, 6.45) is 3.83. The molecule has 0 spiro atoms. The summed E-state index contributed by atoms with van der Waals surface area (Å²) < 4.78 is 0. The molecule has 0 amide bonds. The van der Waals surface area contributed by atoms with Crippen molar-refractivity contribution in [3.8, 4) is 0 Å². The molecule has 6 heteroatoms. The van der Waals surface area contributed by atoms with Gasteiger partial charge in [-0.2, -0.15) is 0 Å². The molecule has 2 saturated heterocycles. The fraction of sp³-hybridized carbons (Fsp3) is 0.692. The Hall–Kier alpha value is -1.40. The highest BCUT2D eigenvalue weighted by molar-refractivity contribution is 5.43. The fourth-order valence-corrected chi connectivity index (χ4v) is 2.57. The quantitative estimate of drug-likeness (QED) is 0.785. The van der Waals surface area contributed by atoms with E-state index in [-0.39, 0.29) is 0 Å². The van der Waals surface area contributed by atoms with Crippen molar-refractivity contribution in [3.05, 3.63) is 12.4 Å². The molecule has 0 aromatic carbocycles. The van der Waals surface area contributed by atoms with Gasteiger partial charge in [-0.3, -0.25) is 0 Å². The average molecular weight is 262 g/mol. The molecule has 1 aromatic heterocycles. The van der Waals surface area contributed by atoms with E-state index in [9.17, 15) is 0 Å². The minimum atomic E-state index is 0.999. The zero-order chi connectivity index (χ0) is 13.1. The predicted molar refractivity (Wildman–Crippen MR) is 76.8 cm³/mol. The molecule has 2 fully saturated rings. The van der Waals surface area contributed by atoms with Crippen molar-refractivity contribution in [2.75, 3.05) is 69.2 Å². The predicted octanol–water partition coefficient (Wildman–Crippen LogP) is -0.362. The molecule has 6 nitrogen and oxygen atoms in total. The van der Waals surface area contributed by atoms with E-state index in [1.807, 2.05) is 12.4 Å². The fourth-order valence-electron chi connectivity index (χ4n) is 2.57. The van der Waals surface area contributed by atoms with Gasteiger partial charge in [0, 0.05) is 52.4 Å². The molecule has 0 atom stereocenters. The second-order valence-electron chi connectivity index (χ2n) is 5.26. The summed E-state index contributed by atoms with van der Waals surface area (Å²) in [5.41, 5.74) is 0. The van der Waals surface area contributed by atoms with E-state index in [1.165, 1.54) is 0 Å². The molecule has 0 bridgehead atoms. The second-order valence-corrected chi connectivity index (χ2v) is 5.26. The number of hydrogen-bond donors (Lipinski definition) is 1. The Kier molecular flexibility index (Phi) is 3.79. The Bertz CT molecular complexity index is 392. The van der Waals surface area contributed by atoms with Crippen LogP contribution >= 0.6 is 0 Å². The minimum Gasteiger partial charge on any atom is -0.353 e. The van der Waals surface area contributed by atoms with Crippen LogP contribution in [0.3, 0.4) is 0 Å². The molecule has 0 radical (unpaired) electrons. The van der Waals surface area contributed by atoms with Crippen LogP contribution in [0, 0.1) is 0 Å². The van der Waals surface area contributed by atoms with Gasteiger partial charge >= 0.3 is 0 Å². The van der Waals surface area contributed by atoms with Crippen LogP contribution in [0.4, 0.5) is 11.6 Å². The first-order valence-corrected chi connectivity index (χ1v) is 7.04. The van der Waals surface area contributed by atoms with E-state index in [0.717, 1.165) is 64.0 Å². The van der Waals surface area contributed by atoms with Crippen LogP contribution in [0.1, 0.15) is 0 Å². The third-order valence-corrected chi connectivity index (χ3v) is 3.89. The van der Waals surface area contributed by atoms with Gasteiger partial charge in [-0.05, 0) is 7.05 Å². The maximum atomic E-state index is 4.59. The van der Waals surface area contributed by atoms with E-state index in [4.69, 9.17) is 0 Å². The lowest BCUT2D eigenvalue weighted by molar-refractivity contribution is 0.312. The van der Waals surface area contributed by atoms with Crippen molar-refractivity contribution < 1.29 is 0 Å². The largest absolute Gasteiger partial charge is 0.353 e. The SMILES string of the molecule is CN1CCN(c2cnc(N3CCNCC3)cn2)CC1. The summed E-state index contributed by atoms with van der Waals surface area (Å²) >= 11 is 0. The number of likely N-dealkylation sites (N-methyl/N-ethyl adjacent to an activating group) is 1. The molecular formula is C13H22N6. The molecule has 104 valence electrons. The van der Waals surface area contributed by atoms with Crippen molar-refractivity contribution in [1.82, 2.24) is 20.2 Å². The molecule has 3 rings (SSSR count). The Balaban J connectivity index is 1.65. The van der Waals surface area contributed by atoms with Crippen molar-refractivity contribution in [2.45, 2.75) is 0 Å². The van der Waals surface area contributed by atoms with Gasteiger partial charge in [0.25, 0.3) is 0 Å². The molecular weight excluding hydrogens is 240 g/mol. The molecule has 3 heterocycles. The molecule has 2 aliphatic rings.